The molecule has 4 nitrogen and oxygen atoms in total. The molecule has 0 aliphatic carbocycles. The Kier molecular flexibility index (Phi) is 5.36. The van der Waals surface area contributed by atoms with Crippen molar-refractivity contribution in [2.45, 2.75) is 5.50 Å². The van der Waals surface area contributed by atoms with Gasteiger partial charge in [0.1, 0.15) is 11.6 Å². The van der Waals surface area contributed by atoms with E-state index in [1.165, 1.54) is 17.8 Å². The number of amides is 1. The first-order valence-corrected chi connectivity index (χ1v) is 9.57. The van der Waals surface area contributed by atoms with Crippen LogP contribution in [-0.2, 0) is 4.79 Å². The number of phenolic OH excluding ortho intramolecular Hbond substituents is 1. The standard InChI is InChI=1S/C16H11BrFIN2O2S/c17-9-5-8(14(22)11(19)7-9)6-13-15(23)21-16(24-13)20-12-4-2-1-3-10(12)18/h1-7,16,20,22H,(H,21,23)/b13-6-. The van der Waals surface area contributed by atoms with Gasteiger partial charge in [0, 0.05) is 10.0 Å². The molecule has 124 valence electrons. The van der Waals surface area contributed by atoms with E-state index in [4.69, 9.17) is 0 Å². The molecule has 0 aromatic heterocycles. The van der Waals surface area contributed by atoms with Crippen LogP contribution in [0, 0.1) is 9.39 Å². The van der Waals surface area contributed by atoms with Crippen LogP contribution in [0.5, 0.6) is 5.75 Å². The van der Waals surface area contributed by atoms with Gasteiger partial charge in [-0.25, -0.2) is 4.39 Å². The van der Waals surface area contributed by atoms with Crippen LogP contribution in [0.1, 0.15) is 5.56 Å². The van der Waals surface area contributed by atoms with Crippen LogP contribution in [0.25, 0.3) is 6.08 Å². The van der Waals surface area contributed by atoms with Crippen molar-refractivity contribution in [3.8, 4) is 5.75 Å². The van der Waals surface area contributed by atoms with E-state index in [9.17, 15) is 14.3 Å². The van der Waals surface area contributed by atoms with Crippen molar-refractivity contribution in [1.29, 1.82) is 0 Å². The number of anilines is 1. The summed E-state index contributed by atoms with van der Waals surface area (Å²) in [6.45, 7) is 0. The second kappa shape index (κ2) is 7.32. The number of benzene rings is 2. The van der Waals surface area contributed by atoms with Gasteiger partial charge < -0.3 is 15.7 Å². The molecule has 0 saturated carbocycles. The molecule has 1 fully saturated rings. The van der Waals surface area contributed by atoms with Gasteiger partial charge in [-0.15, -0.1) is 0 Å². The molecule has 1 saturated heterocycles. The molecular formula is C16H11BrFIN2O2S. The molecule has 1 atom stereocenters. The summed E-state index contributed by atoms with van der Waals surface area (Å²) in [5.74, 6) is -0.544. The maximum absolute atomic E-state index is 13.7. The molecule has 2 aromatic rings. The summed E-state index contributed by atoms with van der Waals surface area (Å²) >= 11 is 6.62. The topological polar surface area (TPSA) is 61.4 Å². The van der Waals surface area contributed by atoms with Crippen LogP contribution in [0.4, 0.5) is 10.1 Å². The quantitative estimate of drug-likeness (QED) is 0.412. The van der Waals surface area contributed by atoms with Crippen molar-refractivity contribution < 1.29 is 14.3 Å². The number of halogens is 3. The van der Waals surface area contributed by atoms with Crippen molar-refractivity contribution in [1.82, 2.24) is 5.32 Å². The average molecular weight is 521 g/mol. The number of nitrogens with one attached hydrogen (secondary N) is 2. The van der Waals surface area contributed by atoms with E-state index in [-0.39, 0.29) is 17.5 Å². The monoisotopic (exact) mass is 520 g/mol. The Morgan fingerprint density at radius 2 is 2.12 bits per heavy atom. The molecule has 1 unspecified atom stereocenters. The molecule has 24 heavy (non-hydrogen) atoms. The minimum Gasteiger partial charge on any atom is -0.506 e. The van der Waals surface area contributed by atoms with E-state index in [1.807, 2.05) is 22.6 Å². The molecule has 0 spiro atoms. The number of hydrogen-bond acceptors (Lipinski definition) is 4. The van der Waals surface area contributed by atoms with Gasteiger partial charge >= 0.3 is 0 Å². The number of thioether (sulfide) groups is 1. The van der Waals surface area contributed by atoms with Gasteiger partial charge in [-0.3, -0.25) is 4.79 Å². The number of rotatable bonds is 3. The van der Waals surface area contributed by atoms with Gasteiger partial charge in [-0.2, -0.15) is 0 Å². The maximum Gasteiger partial charge on any atom is 0.260 e. The number of hydrogen-bond donors (Lipinski definition) is 3. The van der Waals surface area contributed by atoms with E-state index in [1.54, 1.807) is 36.4 Å². The zero-order chi connectivity index (χ0) is 17.3. The van der Waals surface area contributed by atoms with E-state index in [0.29, 0.717) is 19.7 Å². The first-order valence-electron chi connectivity index (χ1n) is 6.82. The highest BCUT2D eigenvalue weighted by molar-refractivity contribution is 14.1. The van der Waals surface area contributed by atoms with Gasteiger partial charge in [-0.05, 0) is 52.9 Å². The van der Waals surface area contributed by atoms with Gasteiger partial charge in [-0.1, -0.05) is 39.8 Å². The Labute approximate surface area is 164 Å². The van der Waals surface area contributed by atoms with Crippen LogP contribution in [0.15, 0.2) is 45.8 Å². The van der Waals surface area contributed by atoms with Crippen LogP contribution < -0.4 is 10.6 Å². The number of carbonyl (C=O) groups excluding carboxylic acids is 1. The van der Waals surface area contributed by atoms with Crippen molar-refractivity contribution in [3.05, 3.63) is 60.7 Å². The lowest BCUT2D eigenvalue weighted by atomic mass is 10.2. The molecule has 1 aliphatic rings. The Morgan fingerprint density at radius 1 is 1.38 bits per heavy atom. The van der Waals surface area contributed by atoms with Gasteiger partial charge in [0.2, 0.25) is 0 Å². The van der Waals surface area contributed by atoms with E-state index in [2.05, 4.69) is 26.6 Å². The van der Waals surface area contributed by atoms with Gasteiger partial charge in [0.05, 0.1) is 14.2 Å². The molecule has 0 bridgehead atoms. The number of carbonyl (C=O) groups is 1. The summed E-state index contributed by atoms with van der Waals surface area (Å²) in [7, 11) is 0. The lowest BCUT2D eigenvalue weighted by Gasteiger charge is -2.13. The highest BCUT2D eigenvalue weighted by Crippen LogP contribution is 2.35. The van der Waals surface area contributed by atoms with Crippen LogP contribution >= 0.6 is 50.3 Å². The number of para-hydroxylation sites is 1. The van der Waals surface area contributed by atoms with Crippen molar-refractivity contribution in [2.75, 3.05) is 5.32 Å². The van der Waals surface area contributed by atoms with E-state index < -0.39 is 5.50 Å². The lowest BCUT2D eigenvalue weighted by Crippen LogP contribution is -2.31. The summed E-state index contributed by atoms with van der Waals surface area (Å²) in [6, 6.07) is 9.78. The second-order valence-electron chi connectivity index (χ2n) is 4.93. The van der Waals surface area contributed by atoms with Crippen LogP contribution in [0.2, 0.25) is 0 Å². The van der Waals surface area contributed by atoms with Crippen LogP contribution in [-0.4, -0.2) is 16.5 Å². The second-order valence-corrected chi connectivity index (χ2v) is 8.15. The Morgan fingerprint density at radius 3 is 2.88 bits per heavy atom. The normalized spacial score (nSPS) is 18.7. The lowest BCUT2D eigenvalue weighted by molar-refractivity contribution is -0.116. The molecule has 0 radical (unpaired) electrons. The largest absolute Gasteiger partial charge is 0.506 e. The van der Waals surface area contributed by atoms with Gasteiger partial charge in [0.15, 0.2) is 5.50 Å². The average Bonchev–Trinajstić information content (AvgIpc) is 2.86. The fraction of sp³-hybridized carbons (Fsp3) is 0.0625. The highest BCUT2D eigenvalue weighted by Gasteiger charge is 2.28. The molecule has 1 aliphatic heterocycles. The number of aromatic hydroxyl groups is 1. The predicted molar refractivity (Wildman–Crippen MR) is 106 cm³/mol. The number of phenols is 1. The first-order chi connectivity index (χ1) is 11.4. The molecule has 3 rings (SSSR count). The Hall–Kier alpha value is -1.26. The van der Waals surface area contributed by atoms with Crippen molar-refractivity contribution in [2.24, 2.45) is 0 Å². The zero-order valence-electron chi connectivity index (χ0n) is 12.0. The van der Waals surface area contributed by atoms with Crippen molar-refractivity contribution >= 4 is 68.0 Å². The maximum atomic E-state index is 13.7. The minimum atomic E-state index is -0.478. The summed E-state index contributed by atoms with van der Waals surface area (Å²) in [5, 5.41) is 15.8. The molecule has 1 heterocycles. The molecule has 1 amide bonds. The van der Waals surface area contributed by atoms with Crippen LogP contribution in [0.3, 0.4) is 0 Å². The third kappa shape index (κ3) is 3.86. The molecular weight excluding hydrogens is 510 g/mol. The van der Waals surface area contributed by atoms with Crippen molar-refractivity contribution in [3.63, 3.8) is 0 Å². The summed E-state index contributed by atoms with van der Waals surface area (Å²) in [5.41, 5.74) is 0.378. The third-order valence-corrected chi connectivity index (χ3v) is 5.54. The first kappa shape index (κ1) is 17.6. The summed E-state index contributed by atoms with van der Waals surface area (Å²) in [6.07, 6.45) is 1.62. The highest BCUT2D eigenvalue weighted by atomic mass is 127. The Bertz CT molecular complexity index is 847. The Balaban J connectivity index is 1.82. The van der Waals surface area contributed by atoms with Gasteiger partial charge in [0.25, 0.3) is 5.91 Å². The molecule has 3 N–H and O–H groups in total. The summed E-state index contributed by atoms with van der Waals surface area (Å²) in [4.78, 5) is 12.6. The van der Waals surface area contributed by atoms with E-state index in [0.717, 1.165) is 4.47 Å². The fourth-order valence-corrected chi connectivity index (χ4v) is 4.64. The van der Waals surface area contributed by atoms with E-state index >= 15 is 0 Å². The molecule has 8 heteroatoms. The smallest absolute Gasteiger partial charge is 0.260 e. The predicted octanol–water partition coefficient (Wildman–Crippen LogP) is 4.50. The summed E-state index contributed by atoms with van der Waals surface area (Å²) < 4.78 is 15.2. The molecule has 2 aromatic carbocycles. The third-order valence-electron chi connectivity index (χ3n) is 3.24. The SMILES string of the molecule is O=C1NC(Nc2ccccc2F)S/C1=C\c1cc(Br)cc(I)c1O. The zero-order valence-corrected chi connectivity index (χ0v) is 16.6. The minimum absolute atomic E-state index is 0.116. The fourth-order valence-electron chi connectivity index (χ4n) is 2.12.